The number of ether oxygens (including phenoxy) is 1. The van der Waals surface area contributed by atoms with Gasteiger partial charge in [-0.05, 0) is 36.4 Å². The zero-order valence-corrected chi connectivity index (χ0v) is 13.3. The van der Waals surface area contributed by atoms with Crippen molar-refractivity contribution >= 4 is 11.4 Å². The first-order chi connectivity index (χ1) is 12.0. The molecule has 5 nitrogen and oxygen atoms in total. The fourth-order valence-corrected chi connectivity index (χ4v) is 2.36. The molecule has 7 heteroatoms. The van der Waals surface area contributed by atoms with Crippen molar-refractivity contribution in [3.63, 3.8) is 0 Å². The summed E-state index contributed by atoms with van der Waals surface area (Å²) in [6.45, 7) is 0. The number of H-pyrrole nitrogens is 1. The summed E-state index contributed by atoms with van der Waals surface area (Å²) in [6.07, 6.45) is 1.51. The molecular formula is C18H15F2N3O2. The second kappa shape index (κ2) is 6.64. The minimum absolute atomic E-state index is 0.120. The normalized spacial score (nSPS) is 10.5. The lowest BCUT2D eigenvalue weighted by Crippen LogP contribution is -2.10. The van der Waals surface area contributed by atoms with Crippen molar-refractivity contribution in [2.24, 2.45) is 0 Å². The highest BCUT2D eigenvalue weighted by molar-refractivity contribution is 5.75. The summed E-state index contributed by atoms with van der Waals surface area (Å²) in [5.74, 6) is -1.32. The van der Waals surface area contributed by atoms with E-state index < -0.39 is 11.6 Å². The van der Waals surface area contributed by atoms with Gasteiger partial charge in [0.1, 0.15) is 17.3 Å². The Kier molecular flexibility index (Phi) is 4.38. The first-order valence-electron chi connectivity index (χ1n) is 7.41. The smallest absolute Gasteiger partial charge is 0.271 e. The molecule has 0 atom stereocenters. The van der Waals surface area contributed by atoms with Gasteiger partial charge < -0.3 is 20.8 Å². The molecule has 0 spiro atoms. The molecule has 0 radical (unpaired) electrons. The third-order valence-electron chi connectivity index (χ3n) is 3.60. The minimum atomic E-state index is -0.819. The van der Waals surface area contributed by atoms with Gasteiger partial charge >= 0.3 is 0 Å². The SMILES string of the molecule is CNc1cc(-c2cc(N)ccc2Oc2ccc(F)cc2F)c[nH]c1=O. The number of rotatable bonds is 4. The van der Waals surface area contributed by atoms with Gasteiger partial charge in [0.2, 0.25) is 0 Å². The number of aromatic amines is 1. The van der Waals surface area contributed by atoms with Gasteiger partial charge in [0.25, 0.3) is 5.56 Å². The summed E-state index contributed by atoms with van der Waals surface area (Å²) in [5, 5.41) is 2.79. The summed E-state index contributed by atoms with van der Waals surface area (Å²) in [6, 6.07) is 9.50. The van der Waals surface area contributed by atoms with Crippen LogP contribution in [0.15, 0.2) is 53.5 Å². The molecule has 3 rings (SSSR count). The molecule has 0 bridgehead atoms. The van der Waals surface area contributed by atoms with Gasteiger partial charge in [0, 0.05) is 36.1 Å². The van der Waals surface area contributed by atoms with E-state index in [0.717, 1.165) is 12.1 Å². The molecule has 0 aliphatic rings. The van der Waals surface area contributed by atoms with Gasteiger partial charge in [-0.1, -0.05) is 0 Å². The molecule has 0 amide bonds. The standard InChI is InChI=1S/C18H15F2N3O2/c1-22-15-6-10(9-23-18(15)24)13-8-12(21)3-5-16(13)25-17-4-2-11(19)7-14(17)20/h2-9,22H,21H2,1H3,(H,23,24). The number of hydrogen-bond acceptors (Lipinski definition) is 4. The maximum absolute atomic E-state index is 13.9. The Bertz CT molecular complexity index is 986. The summed E-state index contributed by atoms with van der Waals surface area (Å²) in [4.78, 5) is 14.3. The lowest BCUT2D eigenvalue weighted by Gasteiger charge is -2.13. The number of nitrogens with two attached hydrogens (primary N) is 1. The number of aromatic nitrogens is 1. The van der Waals surface area contributed by atoms with E-state index in [0.29, 0.717) is 28.3 Å². The number of nitrogens with one attached hydrogen (secondary N) is 2. The van der Waals surface area contributed by atoms with Gasteiger partial charge in [0.05, 0.1) is 0 Å². The van der Waals surface area contributed by atoms with E-state index in [4.69, 9.17) is 10.5 Å². The number of benzene rings is 2. The fraction of sp³-hybridized carbons (Fsp3) is 0.0556. The van der Waals surface area contributed by atoms with Crippen LogP contribution in [0.2, 0.25) is 0 Å². The van der Waals surface area contributed by atoms with Crippen molar-refractivity contribution in [3.8, 4) is 22.6 Å². The van der Waals surface area contributed by atoms with Crippen molar-refractivity contribution in [1.82, 2.24) is 4.98 Å². The third kappa shape index (κ3) is 3.45. The number of nitrogen functional groups attached to an aromatic ring is 1. The highest BCUT2D eigenvalue weighted by Crippen LogP contribution is 2.36. The molecule has 0 saturated carbocycles. The zero-order valence-electron chi connectivity index (χ0n) is 13.3. The molecular weight excluding hydrogens is 328 g/mol. The van der Waals surface area contributed by atoms with Crippen molar-refractivity contribution in [3.05, 3.63) is 70.6 Å². The third-order valence-corrected chi connectivity index (χ3v) is 3.60. The minimum Gasteiger partial charge on any atom is -0.454 e. The van der Waals surface area contributed by atoms with Gasteiger partial charge in [-0.3, -0.25) is 4.79 Å². The Labute approximate surface area is 142 Å². The van der Waals surface area contributed by atoms with E-state index in [-0.39, 0.29) is 11.3 Å². The number of halogens is 2. The quantitative estimate of drug-likeness (QED) is 0.631. The van der Waals surface area contributed by atoms with Crippen molar-refractivity contribution in [1.29, 1.82) is 0 Å². The second-order valence-corrected chi connectivity index (χ2v) is 5.31. The van der Waals surface area contributed by atoms with Crippen LogP contribution in [-0.4, -0.2) is 12.0 Å². The summed E-state index contributed by atoms with van der Waals surface area (Å²) in [7, 11) is 1.62. The van der Waals surface area contributed by atoms with Crippen LogP contribution < -0.4 is 21.3 Å². The van der Waals surface area contributed by atoms with Crippen LogP contribution >= 0.6 is 0 Å². The van der Waals surface area contributed by atoms with E-state index in [2.05, 4.69) is 10.3 Å². The summed E-state index contributed by atoms with van der Waals surface area (Å²) in [5.41, 5.74) is 7.57. The molecule has 1 heterocycles. The lowest BCUT2D eigenvalue weighted by atomic mass is 10.1. The average molecular weight is 343 g/mol. The largest absolute Gasteiger partial charge is 0.454 e. The highest BCUT2D eigenvalue weighted by atomic mass is 19.1. The fourth-order valence-electron chi connectivity index (χ4n) is 2.36. The average Bonchev–Trinajstić information content (AvgIpc) is 2.59. The number of pyridine rings is 1. The molecule has 1 aromatic heterocycles. The number of hydrogen-bond donors (Lipinski definition) is 3. The Hall–Kier alpha value is -3.35. The Morgan fingerprint density at radius 1 is 1.08 bits per heavy atom. The van der Waals surface area contributed by atoms with E-state index in [1.807, 2.05) is 0 Å². The summed E-state index contributed by atoms with van der Waals surface area (Å²) < 4.78 is 32.5. The Morgan fingerprint density at radius 3 is 2.56 bits per heavy atom. The van der Waals surface area contributed by atoms with Crippen molar-refractivity contribution < 1.29 is 13.5 Å². The molecule has 0 fully saturated rings. The number of anilines is 2. The molecule has 4 N–H and O–H groups in total. The molecule has 0 aliphatic heterocycles. The van der Waals surface area contributed by atoms with Crippen molar-refractivity contribution in [2.45, 2.75) is 0 Å². The van der Waals surface area contributed by atoms with Crippen LogP contribution in [-0.2, 0) is 0 Å². The van der Waals surface area contributed by atoms with Gasteiger partial charge in [0.15, 0.2) is 11.6 Å². The first kappa shape index (κ1) is 16.5. The highest BCUT2D eigenvalue weighted by Gasteiger charge is 2.13. The van der Waals surface area contributed by atoms with Crippen molar-refractivity contribution in [2.75, 3.05) is 18.1 Å². The summed E-state index contributed by atoms with van der Waals surface area (Å²) >= 11 is 0. The van der Waals surface area contributed by atoms with Gasteiger partial charge in [-0.15, -0.1) is 0 Å². The van der Waals surface area contributed by atoms with Crippen LogP contribution in [0.25, 0.3) is 11.1 Å². The molecule has 3 aromatic rings. The molecule has 2 aromatic carbocycles. The first-order valence-corrected chi connectivity index (χ1v) is 7.41. The van der Waals surface area contributed by atoms with E-state index in [9.17, 15) is 13.6 Å². The maximum Gasteiger partial charge on any atom is 0.271 e. The molecule has 0 aliphatic carbocycles. The predicted octanol–water partition coefficient (Wildman–Crippen LogP) is 3.74. The molecule has 128 valence electrons. The topological polar surface area (TPSA) is 80.1 Å². The Morgan fingerprint density at radius 2 is 1.84 bits per heavy atom. The second-order valence-electron chi connectivity index (χ2n) is 5.31. The van der Waals surface area contributed by atoms with E-state index >= 15 is 0 Å². The van der Waals surface area contributed by atoms with E-state index in [1.165, 1.54) is 12.3 Å². The molecule has 0 unspecified atom stereocenters. The van der Waals surface area contributed by atoms with Gasteiger partial charge in [-0.2, -0.15) is 0 Å². The van der Waals surface area contributed by atoms with Crippen LogP contribution in [0.5, 0.6) is 11.5 Å². The van der Waals surface area contributed by atoms with Crippen LogP contribution in [0, 0.1) is 11.6 Å². The van der Waals surface area contributed by atoms with Crippen LogP contribution in [0.1, 0.15) is 0 Å². The lowest BCUT2D eigenvalue weighted by molar-refractivity contribution is 0.439. The van der Waals surface area contributed by atoms with Crippen LogP contribution in [0.4, 0.5) is 20.2 Å². The van der Waals surface area contributed by atoms with Gasteiger partial charge in [-0.25, -0.2) is 8.78 Å². The maximum atomic E-state index is 13.9. The van der Waals surface area contributed by atoms with Crippen LogP contribution in [0.3, 0.4) is 0 Å². The molecule has 0 saturated heterocycles. The molecule has 25 heavy (non-hydrogen) atoms. The monoisotopic (exact) mass is 343 g/mol. The zero-order chi connectivity index (χ0) is 18.0. The Balaban J connectivity index is 2.08. The predicted molar refractivity (Wildman–Crippen MR) is 92.9 cm³/mol. The van der Waals surface area contributed by atoms with E-state index in [1.54, 1.807) is 31.3 Å².